The lowest BCUT2D eigenvalue weighted by molar-refractivity contribution is 1.50. The fourth-order valence-corrected chi connectivity index (χ4v) is 0.189. The van der Waals surface area contributed by atoms with Crippen LogP contribution in [0.3, 0.4) is 0 Å². The molecule has 0 aromatic rings. The standard InChI is InChI=1S/C3H5Cl.Mg/c4-3-1-2-3;/h3H,1-2H2;. The Morgan fingerprint density at radius 3 is 1.60 bits per heavy atom. The van der Waals surface area contributed by atoms with Crippen LogP contribution < -0.4 is 0 Å². The number of halogens is 1. The molecule has 0 aliphatic heterocycles. The molecule has 2 radical (unpaired) electrons. The molecule has 5 heavy (non-hydrogen) atoms. The van der Waals surface area contributed by atoms with Gasteiger partial charge in [-0.15, -0.1) is 11.6 Å². The first-order chi connectivity index (χ1) is 1.89. The van der Waals surface area contributed by atoms with E-state index in [2.05, 4.69) is 0 Å². The van der Waals surface area contributed by atoms with E-state index in [0.29, 0.717) is 5.38 Å². The van der Waals surface area contributed by atoms with Crippen molar-refractivity contribution in [2.75, 3.05) is 0 Å². The van der Waals surface area contributed by atoms with Gasteiger partial charge in [-0.3, -0.25) is 0 Å². The van der Waals surface area contributed by atoms with Crippen LogP contribution in [0.2, 0.25) is 0 Å². The van der Waals surface area contributed by atoms with Crippen molar-refractivity contribution in [1.29, 1.82) is 0 Å². The molecule has 0 aromatic carbocycles. The summed E-state index contributed by atoms with van der Waals surface area (Å²) < 4.78 is 0. The number of rotatable bonds is 0. The fraction of sp³-hybridized carbons (Fsp3) is 1.00. The molecule has 0 unspecified atom stereocenters. The Morgan fingerprint density at radius 1 is 1.40 bits per heavy atom. The molecule has 0 heterocycles. The third kappa shape index (κ3) is 2.87. The minimum Gasteiger partial charge on any atom is -0.123 e. The highest BCUT2D eigenvalue weighted by atomic mass is 35.5. The number of hydrogen-bond donors (Lipinski definition) is 0. The Bertz CT molecular complexity index is 26.1. The summed E-state index contributed by atoms with van der Waals surface area (Å²) in [6.45, 7) is 0. The quantitative estimate of drug-likeness (QED) is 0.315. The lowest BCUT2D eigenvalue weighted by atomic mass is 11.0. The Kier molecular flexibility index (Phi) is 2.75. The zero-order valence-electron chi connectivity index (χ0n) is 3.08. The molecule has 0 N–H and O–H groups in total. The Labute approximate surface area is 53.0 Å². The molecule has 0 bridgehead atoms. The number of hydrogen-bond acceptors (Lipinski definition) is 0. The number of alkyl halides is 1. The third-order valence-electron chi connectivity index (χ3n) is 0.507. The fourth-order valence-electron chi connectivity index (χ4n) is 0.0630. The maximum atomic E-state index is 5.39. The molecular weight excluding hydrogens is 95.8 g/mol. The normalized spacial score (nSPS) is 21.0. The Balaban J connectivity index is 0.000000160. The summed E-state index contributed by atoms with van der Waals surface area (Å²) in [5.74, 6) is 0. The van der Waals surface area contributed by atoms with Crippen molar-refractivity contribution < 1.29 is 0 Å². The summed E-state index contributed by atoms with van der Waals surface area (Å²) in [7, 11) is 0. The zero-order chi connectivity index (χ0) is 2.99. The monoisotopic (exact) mass is 100.0 g/mol. The SMILES string of the molecule is ClC1CC1.[Mg]. The second kappa shape index (κ2) is 2.27. The van der Waals surface area contributed by atoms with Gasteiger partial charge in [-0.2, -0.15) is 0 Å². The van der Waals surface area contributed by atoms with Gasteiger partial charge in [0, 0.05) is 28.4 Å². The summed E-state index contributed by atoms with van der Waals surface area (Å²) in [5, 5.41) is 0.556. The van der Waals surface area contributed by atoms with Crippen LogP contribution in [0, 0.1) is 0 Å². The van der Waals surface area contributed by atoms with E-state index in [1.54, 1.807) is 0 Å². The summed E-state index contributed by atoms with van der Waals surface area (Å²) >= 11 is 5.39. The molecule has 0 nitrogen and oxygen atoms in total. The molecule has 1 rings (SSSR count). The maximum absolute atomic E-state index is 5.39. The van der Waals surface area contributed by atoms with Crippen LogP contribution >= 0.6 is 11.6 Å². The van der Waals surface area contributed by atoms with Gasteiger partial charge in [-0.05, 0) is 12.8 Å². The molecule has 0 aromatic heterocycles. The van der Waals surface area contributed by atoms with Gasteiger partial charge >= 0.3 is 0 Å². The first-order valence-corrected chi connectivity index (χ1v) is 1.97. The average molecular weight is 101 g/mol. The van der Waals surface area contributed by atoms with Crippen LogP contribution in [0.15, 0.2) is 0 Å². The average Bonchev–Trinajstić information content (AvgIpc) is 1.75. The topological polar surface area (TPSA) is 0 Å². The minimum atomic E-state index is 0. The first kappa shape index (κ1) is 6.06. The van der Waals surface area contributed by atoms with Crippen LogP contribution in [-0.4, -0.2) is 28.4 Å². The van der Waals surface area contributed by atoms with E-state index in [1.807, 2.05) is 0 Å². The van der Waals surface area contributed by atoms with Crippen molar-refractivity contribution in [3.05, 3.63) is 0 Å². The van der Waals surface area contributed by atoms with E-state index >= 15 is 0 Å². The zero-order valence-corrected chi connectivity index (χ0v) is 5.25. The van der Waals surface area contributed by atoms with Crippen molar-refractivity contribution in [1.82, 2.24) is 0 Å². The maximum Gasteiger partial charge on any atom is 0.0337 e. The molecule has 1 fully saturated rings. The Morgan fingerprint density at radius 2 is 1.60 bits per heavy atom. The van der Waals surface area contributed by atoms with E-state index in [1.165, 1.54) is 12.8 Å². The van der Waals surface area contributed by atoms with Crippen molar-refractivity contribution in [3.63, 3.8) is 0 Å². The van der Waals surface area contributed by atoms with Crippen LogP contribution in [0.25, 0.3) is 0 Å². The summed E-state index contributed by atoms with van der Waals surface area (Å²) in [4.78, 5) is 0. The predicted octanol–water partition coefficient (Wildman–Crippen LogP) is 1.01. The molecule has 0 amide bonds. The highest BCUT2D eigenvalue weighted by molar-refractivity contribution is 6.22. The van der Waals surface area contributed by atoms with Crippen LogP contribution in [0.4, 0.5) is 0 Å². The molecule has 1 aliphatic rings. The third-order valence-corrected chi connectivity index (χ3v) is 0.943. The minimum absolute atomic E-state index is 0. The van der Waals surface area contributed by atoms with Gasteiger partial charge in [0.05, 0.1) is 0 Å². The van der Waals surface area contributed by atoms with Gasteiger partial charge in [0.2, 0.25) is 0 Å². The van der Waals surface area contributed by atoms with E-state index in [0.717, 1.165) is 0 Å². The first-order valence-electron chi connectivity index (χ1n) is 1.53. The van der Waals surface area contributed by atoms with E-state index in [-0.39, 0.29) is 23.1 Å². The molecular formula is C3H5ClMg. The second-order valence-corrected chi connectivity index (χ2v) is 1.79. The smallest absolute Gasteiger partial charge is 0.0337 e. The van der Waals surface area contributed by atoms with Crippen molar-refractivity contribution in [2.45, 2.75) is 18.2 Å². The largest absolute Gasteiger partial charge is 0.123 e. The van der Waals surface area contributed by atoms with Crippen LogP contribution in [0.5, 0.6) is 0 Å². The molecule has 0 spiro atoms. The van der Waals surface area contributed by atoms with Gasteiger partial charge in [0.15, 0.2) is 0 Å². The Hall–Kier alpha value is 1.06. The molecule has 26 valence electrons. The van der Waals surface area contributed by atoms with Gasteiger partial charge in [-0.25, -0.2) is 0 Å². The lowest BCUT2D eigenvalue weighted by Gasteiger charge is -1.50. The van der Waals surface area contributed by atoms with Gasteiger partial charge in [-0.1, -0.05) is 0 Å². The highest BCUT2D eigenvalue weighted by Crippen LogP contribution is 2.25. The van der Waals surface area contributed by atoms with E-state index in [9.17, 15) is 0 Å². The highest BCUT2D eigenvalue weighted by Gasteiger charge is 2.15. The molecule has 2 heteroatoms. The summed E-state index contributed by atoms with van der Waals surface area (Å²) in [6.07, 6.45) is 2.50. The molecule has 1 aliphatic carbocycles. The van der Waals surface area contributed by atoms with E-state index < -0.39 is 0 Å². The van der Waals surface area contributed by atoms with Gasteiger partial charge in [0.25, 0.3) is 0 Å². The van der Waals surface area contributed by atoms with E-state index in [4.69, 9.17) is 11.6 Å². The van der Waals surface area contributed by atoms with Gasteiger partial charge in [0.1, 0.15) is 0 Å². The predicted molar refractivity (Wildman–Crippen MR) is 24.6 cm³/mol. The molecule has 1 saturated carbocycles. The lowest BCUT2D eigenvalue weighted by Crippen LogP contribution is -1.45. The van der Waals surface area contributed by atoms with Gasteiger partial charge < -0.3 is 0 Å². The van der Waals surface area contributed by atoms with Crippen molar-refractivity contribution in [2.24, 2.45) is 0 Å². The van der Waals surface area contributed by atoms with Crippen LogP contribution in [-0.2, 0) is 0 Å². The molecule has 0 atom stereocenters. The summed E-state index contributed by atoms with van der Waals surface area (Å²) in [5.41, 5.74) is 0. The van der Waals surface area contributed by atoms with Crippen molar-refractivity contribution in [3.8, 4) is 0 Å². The summed E-state index contributed by atoms with van der Waals surface area (Å²) in [6, 6.07) is 0. The van der Waals surface area contributed by atoms with Crippen LogP contribution in [0.1, 0.15) is 12.8 Å². The van der Waals surface area contributed by atoms with Crippen molar-refractivity contribution >= 4 is 34.7 Å². The molecule has 0 saturated heterocycles. The second-order valence-electron chi connectivity index (χ2n) is 1.17.